The molecular formula is C11H20ClNO. The molecule has 0 aromatic carbocycles. The standard InChI is InChI=1S/C11H20ClNO/c1-10(2,3)13-6-4-11(8-12,9-14)5-7-13/h9H,4-8H2,1-3H3. The maximum absolute atomic E-state index is 11.0. The molecule has 14 heavy (non-hydrogen) atoms. The number of likely N-dealkylation sites (tertiary alicyclic amines) is 1. The molecule has 1 aliphatic rings. The first-order valence-electron chi connectivity index (χ1n) is 5.21. The van der Waals surface area contributed by atoms with Gasteiger partial charge in [0.05, 0.1) is 0 Å². The fraction of sp³-hybridized carbons (Fsp3) is 0.909. The van der Waals surface area contributed by atoms with E-state index in [-0.39, 0.29) is 11.0 Å². The first-order chi connectivity index (χ1) is 6.43. The predicted octanol–water partition coefficient (Wildman–Crippen LogP) is 2.30. The van der Waals surface area contributed by atoms with Crippen molar-refractivity contribution < 1.29 is 4.79 Å². The number of carbonyl (C=O) groups excluding carboxylic acids is 1. The molecule has 1 rings (SSSR count). The third kappa shape index (κ3) is 2.48. The maximum Gasteiger partial charge on any atom is 0.127 e. The van der Waals surface area contributed by atoms with E-state index in [0.717, 1.165) is 32.2 Å². The van der Waals surface area contributed by atoms with Crippen LogP contribution in [-0.2, 0) is 4.79 Å². The van der Waals surface area contributed by atoms with Crippen molar-refractivity contribution in [1.29, 1.82) is 0 Å². The molecule has 82 valence electrons. The number of nitrogens with zero attached hydrogens (tertiary/aromatic N) is 1. The van der Waals surface area contributed by atoms with Gasteiger partial charge < -0.3 is 4.79 Å². The van der Waals surface area contributed by atoms with Crippen LogP contribution in [0.1, 0.15) is 33.6 Å². The van der Waals surface area contributed by atoms with E-state index in [1.165, 1.54) is 0 Å². The molecule has 0 spiro atoms. The van der Waals surface area contributed by atoms with Crippen LogP contribution in [0.4, 0.5) is 0 Å². The van der Waals surface area contributed by atoms with Gasteiger partial charge in [0, 0.05) is 16.8 Å². The van der Waals surface area contributed by atoms with Crippen molar-refractivity contribution in [3.8, 4) is 0 Å². The average molecular weight is 218 g/mol. The van der Waals surface area contributed by atoms with E-state index in [4.69, 9.17) is 11.6 Å². The Balaban J connectivity index is 2.57. The predicted molar refractivity (Wildman–Crippen MR) is 59.8 cm³/mol. The topological polar surface area (TPSA) is 20.3 Å². The minimum atomic E-state index is -0.247. The second-order valence-electron chi connectivity index (χ2n) is 5.27. The Hall–Kier alpha value is -0.0800. The van der Waals surface area contributed by atoms with Crippen molar-refractivity contribution in [1.82, 2.24) is 4.90 Å². The molecule has 2 nitrogen and oxygen atoms in total. The van der Waals surface area contributed by atoms with Crippen LogP contribution in [0.3, 0.4) is 0 Å². The van der Waals surface area contributed by atoms with E-state index in [2.05, 4.69) is 25.7 Å². The first-order valence-corrected chi connectivity index (χ1v) is 5.74. The van der Waals surface area contributed by atoms with Crippen LogP contribution in [0.15, 0.2) is 0 Å². The van der Waals surface area contributed by atoms with Crippen molar-refractivity contribution in [2.75, 3.05) is 19.0 Å². The van der Waals surface area contributed by atoms with E-state index >= 15 is 0 Å². The number of halogens is 1. The van der Waals surface area contributed by atoms with Crippen LogP contribution in [0, 0.1) is 5.41 Å². The van der Waals surface area contributed by atoms with E-state index in [1.807, 2.05) is 0 Å². The molecule has 0 aromatic rings. The molecule has 0 unspecified atom stereocenters. The van der Waals surface area contributed by atoms with Crippen molar-refractivity contribution in [3.05, 3.63) is 0 Å². The summed E-state index contributed by atoms with van der Waals surface area (Å²) in [6.45, 7) is 8.59. The molecule has 1 heterocycles. The molecular weight excluding hydrogens is 198 g/mol. The molecule has 0 saturated carbocycles. The van der Waals surface area contributed by atoms with Gasteiger partial charge in [-0.05, 0) is 46.7 Å². The van der Waals surface area contributed by atoms with Gasteiger partial charge in [-0.25, -0.2) is 0 Å². The minimum absolute atomic E-state index is 0.210. The highest BCUT2D eigenvalue weighted by molar-refractivity contribution is 6.19. The van der Waals surface area contributed by atoms with Gasteiger partial charge >= 0.3 is 0 Å². The van der Waals surface area contributed by atoms with Crippen LogP contribution in [0.25, 0.3) is 0 Å². The van der Waals surface area contributed by atoms with Crippen molar-refractivity contribution in [3.63, 3.8) is 0 Å². The Bertz CT molecular complexity index is 202. The number of hydrogen-bond acceptors (Lipinski definition) is 2. The monoisotopic (exact) mass is 217 g/mol. The van der Waals surface area contributed by atoms with Gasteiger partial charge in [0.2, 0.25) is 0 Å². The van der Waals surface area contributed by atoms with Crippen molar-refractivity contribution in [2.45, 2.75) is 39.2 Å². The first kappa shape index (κ1) is 12.0. The summed E-state index contributed by atoms with van der Waals surface area (Å²) in [7, 11) is 0. The smallest absolute Gasteiger partial charge is 0.127 e. The van der Waals surface area contributed by atoms with Gasteiger partial charge in [-0.1, -0.05) is 0 Å². The molecule has 1 fully saturated rings. The molecule has 1 aliphatic heterocycles. The lowest BCUT2D eigenvalue weighted by Gasteiger charge is -2.43. The lowest BCUT2D eigenvalue weighted by Crippen LogP contribution is -2.50. The minimum Gasteiger partial charge on any atom is -0.303 e. The summed E-state index contributed by atoms with van der Waals surface area (Å²) in [6.07, 6.45) is 2.86. The zero-order chi connectivity index (χ0) is 10.8. The van der Waals surface area contributed by atoms with E-state index < -0.39 is 0 Å². The summed E-state index contributed by atoms with van der Waals surface area (Å²) in [5, 5.41) is 0. The number of rotatable bonds is 2. The quantitative estimate of drug-likeness (QED) is 0.523. The summed E-state index contributed by atoms with van der Waals surface area (Å²) < 4.78 is 0. The van der Waals surface area contributed by atoms with E-state index in [1.54, 1.807) is 0 Å². The van der Waals surface area contributed by atoms with Crippen molar-refractivity contribution >= 4 is 17.9 Å². The Labute approximate surface area is 91.6 Å². The maximum atomic E-state index is 11.0. The zero-order valence-electron chi connectivity index (χ0n) is 9.35. The Morgan fingerprint density at radius 3 is 2.14 bits per heavy atom. The fourth-order valence-corrected chi connectivity index (χ4v) is 2.24. The molecule has 3 heteroatoms. The van der Waals surface area contributed by atoms with E-state index in [0.29, 0.717) is 5.88 Å². The third-order valence-electron chi connectivity index (χ3n) is 3.22. The highest BCUT2D eigenvalue weighted by Crippen LogP contribution is 2.33. The van der Waals surface area contributed by atoms with E-state index in [9.17, 15) is 4.79 Å². The lowest BCUT2D eigenvalue weighted by molar-refractivity contribution is -0.118. The molecule has 0 radical (unpaired) electrons. The van der Waals surface area contributed by atoms with Gasteiger partial charge in [0.25, 0.3) is 0 Å². The summed E-state index contributed by atoms with van der Waals surface area (Å²) in [4.78, 5) is 13.4. The SMILES string of the molecule is CC(C)(C)N1CCC(C=O)(CCl)CC1. The molecule has 0 amide bonds. The van der Waals surface area contributed by atoms with Gasteiger partial charge in [0.15, 0.2) is 0 Å². The lowest BCUT2D eigenvalue weighted by atomic mass is 9.80. The van der Waals surface area contributed by atoms with Gasteiger partial charge in [-0.15, -0.1) is 11.6 Å². The number of aldehydes is 1. The molecule has 0 aliphatic carbocycles. The zero-order valence-corrected chi connectivity index (χ0v) is 10.1. The number of hydrogen-bond donors (Lipinski definition) is 0. The summed E-state index contributed by atoms with van der Waals surface area (Å²) in [5.41, 5.74) is -0.0370. The van der Waals surface area contributed by atoms with Crippen LogP contribution in [0.5, 0.6) is 0 Å². The summed E-state index contributed by atoms with van der Waals surface area (Å²) >= 11 is 5.85. The number of carbonyl (C=O) groups is 1. The highest BCUT2D eigenvalue weighted by Gasteiger charge is 2.36. The molecule has 1 saturated heterocycles. The van der Waals surface area contributed by atoms with Crippen LogP contribution >= 0.6 is 11.6 Å². The average Bonchev–Trinajstić information content (AvgIpc) is 2.16. The molecule has 0 aromatic heterocycles. The summed E-state index contributed by atoms with van der Waals surface area (Å²) in [5.74, 6) is 0.467. The number of alkyl halides is 1. The Morgan fingerprint density at radius 1 is 1.36 bits per heavy atom. The Kier molecular flexibility index (Phi) is 3.59. The largest absolute Gasteiger partial charge is 0.303 e. The normalized spacial score (nSPS) is 23.4. The molecule has 0 atom stereocenters. The molecule has 0 bridgehead atoms. The van der Waals surface area contributed by atoms with Gasteiger partial charge in [-0.3, -0.25) is 4.90 Å². The van der Waals surface area contributed by atoms with Gasteiger partial charge in [0.1, 0.15) is 6.29 Å². The highest BCUT2D eigenvalue weighted by atomic mass is 35.5. The third-order valence-corrected chi connectivity index (χ3v) is 3.76. The Morgan fingerprint density at radius 2 is 1.86 bits per heavy atom. The van der Waals surface area contributed by atoms with Gasteiger partial charge in [-0.2, -0.15) is 0 Å². The molecule has 0 N–H and O–H groups in total. The number of piperidine rings is 1. The van der Waals surface area contributed by atoms with Crippen LogP contribution in [0.2, 0.25) is 0 Å². The summed E-state index contributed by atoms with van der Waals surface area (Å²) in [6, 6.07) is 0. The second-order valence-corrected chi connectivity index (χ2v) is 5.54. The fourth-order valence-electron chi connectivity index (χ4n) is 1.91. The van der Waals surface area contributed by atoms with Crippen LogP contribution < -0.4 is 0 Å². The van der Waals surface area contributed by atoms with Crippen LogP contribution in [-0.4, -0.2) is 35.7 Å². The second kappa shape index (κ2) is 4.19. The van der Waals surface area contributed by atoms with Crippen molar-refractivity contribution in [2.24, 2.45) is 5.41 Å².